The van der Waals surface area contributed by atoms with Crippen LogP contribution in [0.3, 0.4) is 0 Å². The third-order valence-electron chi connectivity index (χ3n) is 4.21. The lowest BCUT2D eigenvalue weighted by Crippen LogP contribution is -2.39. The lowest BCUT2D eigenvalue weighted by atomic mass is 10.0. The Balaban J connectivity index is 1.76. The molecule has 1 aromatic carbocycles. The number of hydrogen-bond donors (Lipinski definition) is 2. The number of para-hydroxylation sites is 1. The normalized spacial score (nSPS) is 23.8. The molecule has 1 atom stereocenters. The summed E-state index contributed by atoms with van der Waals surface area (Å²) in [7, 11) is -4.16. The molecule has 0 amide bonds. The maximum atomic E-state index is 10.8. The molecule has 7 heteroatoms. The first-order chi connectivity index (χ1) is 10.5. The smallest absolute Gasteiger partial charge is 0.333 e. The minimum atomic E-state index is -4.16. The van der Waals surface area contributed by atoms with E-state index in [1.165, 1.54) is 0 Å². The van der Waals surface area contributed by atoms with Crippen molar-refractivity contribution >= 4 is 10.3 Å². The Morgan fingerprint density at radius 3 is 2.73 bits per heavy atom. The van der Waals surface area contributed by atoms with Crippen molar-refractivity contribution in [3.8, 4) is 5.75 Å². The van der Waals surface area contributed by atoms with Gasteiger partial charge in [-0.3, -0.25) is 4.55 Å². The summed E-state index contributed by atoms with van der Waals surface area (Å²) in [4.78, 5) is 0. The third kappa shape index (κ3) is 3.78. The second-order valence-corrected chi connectivity index (χ2v) is 7.17. The molecule has 3 rings (SSSR count). The SMILES string of the molecule is O=S(=O)(O)NCCC1Cc2ccccc2OC2(CCCC2)O1. The zero-order chi connectivity index (χ0) is 15.6. The number of benzene rings is 1. The van der Waals surface area contributed by atoms with Crippen LogP contribution in [0.5, 0.6) is 5.75 Å². The van der Waals surface area contributed by atoms with E-state index in [2.05, 4.69) is 4.72 Å². The van der Waals surface area contributed by atoms with Crippen LogP contribution in [-0.4, -0.2) is 31.4 Å². The zero-order valence-corrected chi connectivity index (χ0v) is 13.1. The van der Waals surface area contributed by atoms with Crippen LogP contribution in [0.2, 0.25) is 0 Å². The minimum absolute atomic E-state index is 0.141. The van der Waals surface area contributed by atoms with Gasteiger partial charge in [-0.05, 0) is 30.9 Å². The summed E-state index contributed by atoms with van der Waals surface area (Å²) in [6.45, 7) is 0.141. The van der Waals surface area contributed by atoms with Gasteiger partial charge < -0.3 is 9.47 Å². The van der Waals surface area contributed by atoms with Crippen molar-refractivity contribution in [3.63, 3.8) is 0 Å². The molecule has 0 aromatic heterocycles. The Hall–Kier alpha value is -1.15. The third-order valence-corrected chi connectivity index (χ3v) is 4.78. The van der Waals surface area contributed by atoms with Crippen LogP contribution in [0.15, 0.2) is 24.3 Å². The lowest BCUT2D eigenvalue weighted by Gasteiger charge is -2.31. The summed E-state index contributed by atoms with van der Waals surface area (Å²) in [6, 6.07) is 7.87. The maximum Gasteiger partial charge on any atom is 0.333 e. The Morgan fingerprint density at radius 1 is 1.27 bits per heavy atom. The Morgan fingerprint density at radius 2 is 2.00 bits per heavy atom. The summed E-state index contributed by atoms with van der Waals surface area (Å²) in [5.74, 6) is 0.268. The summed E-state index contributed by atoms with van der Waals surface area (Å²) in [5.41, 5.74) is 1.07. The van der Waals surface area contributed by atoms with Crippen LogP contribution < -0.4 is 9.46 Å². The van der Waals surface area contributed by atoms with E-state index in [0.29, 0.717) is 12.8 Å². The number of hydrogen-bond acceptors (Lipinski definition) is 4. The van der Waals surface area contributed by atoms with Gasteiger partial charge in [0.1, 0.15) is 5.75 Å². The van der Waals surface area contributed by atoms with Gasteiger partial charge in [0, 0.05) is 25.8 Å². The number of nitrogens with one attached hydrogen (secondary N) is 1. The standard InChI is InChI=1S/C15H21NO5S/c17-22(18,19)16-10-7-13-11-12-5-1-2-6-14(12)21-15(20-13)8-3-4-9-15/h1-2,5-6,13,16H,3-4,7-11H2,(H,17,18,19). The molecule has 0 radical (unpaired) electrons. The molecule has 1 aliphatic carbocycles. The molecule has 0 saturated heterocycles. The quantitative estimate of drug-likeness (QED) is 0.827. The van der Waals surface area contributed by atoms with Crippen molar-refractivity contribution in [1.29, 1.82) is 0 Å². The summed E-state index contributed by atoms with van der Waals surface area (Å²) >= 11 is 0. The first kappa shape index (κ1) is 15.7. The topological polar surface area (TPSA) is 84.9 Å². The summed E-state index contributed by atoms with van der Waals surface area (Å²) in [6.07, 6.45) is 4.85. The van der Waals surface area contributed by atoms with Crippen LogP contribution >= 0.6 is 0 Å². The van der Waals surface area contributed by atoms with Crippen LogP contribution in [-0.2, 0) is 21.5 Å². The monoisotopic (exact) mass is 327 g/mol. The van der Waals surface area contributed by atoms with Crippen LogP contribution in [0.4, 0.5) is 0 Å². The van der Waals surface area contributed by atoms with Gasteiger partial charge in [-0.25, -0.2) is 0 Å². The predicted octanol–water partition coefficient (Wildman–Crippen LogP) is 2.06. The molecule has 1 spiro atoms. The minimum Gasteiger partial charge on any atom is -0.462 e. The fourth-order valence-corrected chi connectivity index (χ4v) is 3.61. The molecule has 1 aliphatic heterocycles. The van der Waals surface area contributed by atoms with Gasteiger partial charge in [-0.15, -0.1) is 0 Å². The van der Waals surface area contributed by atoms with Crippen molar-refractivity contribution in [2.75, 3.05) is 6.54 Å². The van der Waals surface area contributed by atoms with E-state index in [1.807, 2.05) is 24.3 Å². The van der Waals surface area contributed by atoms with E-state index in [9.17, 15) is 8.42 Å². The van der Waals surface area contributed by atoms with Crippen LogP contribution in [0, 0.1) is 0 Å². The van der Waals surface area contributed by atoms with Crippen molar-refractivity contribution in [3.05, 3.63) is 29.8 Å². The van der Waals surface area contributed by atoms with Gasteiger partial charge in [-0.2, -0.15) is 13.1 Å². The average Bonchev–Trinajstić information content (AvgIpc) is 2.80. The fraction of sp³-hybridized carbons (Fsp3) is 0.600. The van der Waals surface area contributed by atoms with Crippen molar-refractivity contribution in [2.24, 2.45) is 0 Å². The molecule has 1 aromatic rings. The summed E-state index contributed by atoms with van der Waals surface area (Å²) in [5, 5.41) is 0. The van der Waals surface area contributed by atoms with Crippen molar-refractivity contribution in [1.82, 2.24) is 4.72 Å². The fourth-order valence-electron chi connectivity index (χ4n) is 3.23. The van der Waals surface area contributed by atoms with E-state index in [-0.39, 0.29) is 12.6 Å². The lowest BCUT2D eigenvalue weighted by molar-refractivity contribution is -0.201. The van der Waals surface area contributed by atoms with Gasteiger partial charge in [0.25, 0.3) is 0 Å². The first-order valence-electron chi connectivity index (χ1n) is 7.63. The number of ether oxygens (including phenoxy) is 2. The molecule has 22 heavy (non-hydrogen) atoms. The zero-order valence-electron chi connectivity index (χ0n) is 12.3. The summed E-state index contributed by atoms with van der Waals surface area (Å²) < 4.78 is 44.8. The molecular weight excluding hydrogens is 306 g/mol. The average molecular weight is 327 g/mol. The van der Waals surface area contributed by atoms with E-state index in [0.717, 1.165) is 37.0 Å². The molecule has 6 nitrogen and oxygen atoms in total. The van der Waals surface area contributed by atoms with E-state index in [4.69, 9.17) is 14.0 Å². The van der Waals surface area contributed by atoms with E-state index < -0.39 is 16.1 Å². The highest BCUT2D eigenvalue weighted by Gasteiger charge is 2.41. The molecule has 0 bridgehead atoms. The Bertz CT molecular complexity index is 625. The molecule has 1 heterocycles. The highest BCUT2D eigenvalue weighted by Crippen LogP contribution is 2.40. The van der Waals surface area contributed by atoms with Gasteiger partial charge in [-0.1, -0.05) is 18.2 Å². The molecule has 1 fully saturated rings. The van der Waals surface area contributed by atoms with Crippen LogP contribution in [0.25, 0.3) is 0 Å². The Labute approximate surface area is 130 Å². The number of rotatable bonds is 4. The Kier molecular flexibility index (Phi) is 4.40. The molecule has 2 N–H and O–H groups in total. The predicted molar refractivity (Wildman–Crippen MR) is 81.0 cm³/mol. The van der Waals surface area contributed by atoms with E-state index >= 15 is 0 Å². The van der Waals surface area contributed by atoms with Gasteiger partial charge >= 0.3 is 10.3 Å². The number of fused-ring (bicyclic) bond motifs is 1. The van der Waals surface area contributed by atoms with Crippen molar-refractivity contribution < 1.29 is 22.4 Å². The molecule has 1 unspecified atom stereocenters. The van der Waals surface area contributed by atoms with Gasteiger partial charge in [0.15, 0.2) is 0 Å². The van der Waals surface area contributed by atoms with Gasteiger partial charge in [0.05, 0.1) is 6.10 Å². The maximum absolute atomic E-state index is 10.8. The molecular formula is C15H21NO5S. The second kappa shape index (κ2) is 6.16. The van der Waals surface area contributed by atoms with Gasteiger partial charge in [0.2, 0.25) is 5.79 Å². The van der Waals surface area contributed by atoms with Crippen LogP contribution in [0.1, 0.15) is 37.7 Å². The molecule has 2 aliphatic rings. The van der Waals surface area contributed by atoms with Crippen molar-refractivity contribution in [2.45, 2.75) is 50.4 Å². The second-order valence-electron chi connectivity index (χ2n) is 5.93. The first-order valence-corrected chi connectivity index (χ1v) is 9.07. The largest absolute Gasteiger partial charge is 0.462 e. The highest BCUT2D eigenvalue weighted by molar-refractivity contribution is 7.83. The molecule has 1 saturated carbocycles. The highest BCUT2D eigenvalue weighted by atomic mass is 32.2. The molecule has 122 valence electrons. The van der Waals surface area contributed by atoms with E-state index in [1.54, 1.807) is 0 Å².